The molecular weight excluding hydrogens is 568 g/mol. The van der Waals surface area contributed by atoms with Crippen molar-refractivity contribution in [2.24, 2.45) is 0 Å². The van der Waals surface area contributed by atoms with Crippen LogP contribution in [0.1, 0.15) is 27.7 Å². The van der Waals surface area contributed by atoms with E-state index in [0.29, 0.717) is 0 Å². The predicted octanol–water partition coefficient (Wildman–Crippen LogP) is 3.54. The Bertz CT molecular complexity index is 1120. The summed E-state index contributed by atoms with van der Waals surface area (Å²) in [5, 5.41) is 2.01. The maximum atomic E-state index is 10.5. The molecule has 0 fully saturated rings. The van der Waals surface area contributed by atoms with E-state index in [2.05, 4.69) is 19.9 Å². The number of nitrogens with zero attached hydrogens (tertiary/aromatic N) is 4. The van der Waals surface area contributed by atoms with Gasteiger partial charge in [0.25, 0.3) is 0 Å². The van der Waals surface area contributed by atoms with Gasteiger partial charge >= 0.3 is 24.0 Å². The van der Waals surface area contributed by atoms with Gasteiger partial charge in [0.1, 0.15) is 0 Å². The summed E-state index contributed by atoms with van der Waals surface area (Å²) in [6, 6.07) is 22.7. The molecule has 39 heavy (non-hydrogen) atoms. The van der Waals surface area contributed by atoms with Gasteiger partial charge in [0.15, 0.2) is 0 Å². The number of aromatic nitrogens is 4. The second-order valence-electron chi connectivity index (χ2n) is 8.84. The fourth-order valence-corrected chi connectivity index (χ4v) is 8.02. The van der Waals surface area contributed by atoms with Gasteiger partial charge in [0.2, 0.25) is 16.6 Å². The van der Waals surface area contributed by atoms with E-state index in [1.807, 2.05) is 101 Å². The van der Waals surface area contributed by atoms with E-state index in [0.717, 1.165) is 57.3 Å². The topological polar surface area (TPSA) is 132 Å². The van der Waals surface area contributed by atoms with E-state index in [1.54, 1.807) is 12.4 Å². The van der Waals surface area contributed by atoms with Crippen LogP contribution in [0.5, 0.6) is 0 Å². The molecule has 0 aliphatic carbocycles. The Kier molecular flexibility index (Phi) is 13.8. The molecule has 0 radical (unpaired) electrons. The summed E-state index contributed by atoms with van der Waals surface area (Å²) < 4.78 is 14.2. The van der Waals surface area contributed by atoms with E-state index in [4.69, 9.17) is 8.38 Å². The van der Waals surface area contributed by atoms with Crippen molar-refractivity contribution < 1.29 is 33.6 Å². The van der Waals surface area contributed by atoms with E-state index in [-0.39, 0.29) is 0 Å². The summed E-state index contributed by atoms with van der Waals surface area (Å²) in [5.74, 6) is 0. The first-order valence-corrected chi connectivity index (χ1v) is 18.6. The minimum atomic E-state index is -2.28. The molecule has 4 rings (SSSR count). The van der Waals surface area contributed by atoms with Crippen LogP contribution in [0.15, 0.2) is 85.5 Å². The molecule has 0 spiro atoms. The standard InChI is InChI=1S/2C14H18N2OSi.Fe.2H2O/c2*1-3-18(17,4-2)12-8-9-14(16-11-12)13-7-5-6-10-15-13;;;/h2*5-11,17H,3-4H2,1-2H3;;2*1H2/q;;+2;;/p-2. The van der Waals surface area contributed by atoms with E-state index in [1.165, 1.54) is 0 Å². The fourth-order valence-electron chi connectivity index (χ4n) is 3.99. The van der Waals surface area contributed by atoms with Crippen molar-refractivity contribution >= 4 is 27.0 Å². The van der Waals surface area contributed by atoms with Crippen LogP contribution in [0, 0.1) is 0 Å². The van der Waals surface area contributed by atoms with E-state index >= 15 is 0 Å². The summed E-state index contributed by atoms with van der Waals surface area (Å²) in [4.78, 5) is 38.5. The Morgan fingerprint density at radius 1 is 0.538 bits per heavy atom. The molecule has 0 aliphatic rings. The van der Waals surface area contributed by atoms with Crippen LogP contribution in [-0.2, 0) is 15.6 Å². The van der Waals surface area contributed by atoms with Gasteiger partial charge in [-0.15, -0.1) is 0 Å². The molecular formula is C28H38FeN4O4Si2. The Hall–Kier alpha value is -2.61. The quantitative estimate of drug-likeness (QED) is 0.224. The van der Waals surface area contributed by atoms with E-state index < -0.39 is 32.3 Å². The van der Waals surface area contributed by atoms with Crippen LogP contribution in [0.2, 0.25) is 24.2 Å². The molecule has 0 aromatic carbocycles. The van der Waals surface area contributed by atoms with Crippen LogP contribution in [0.3, 0.4) is 0 Å². The summed E-state index contributed by atoms with van der Waals surface area (Å²) in [6.07, 6.45) is 7.13. The van der Waals surface area contributed by atoms with Crippen molar-refractivity contribution in [3.63, 3.8) is 0 Å². The first kappa shape index (κ1) is 32.6. The zero-order valence-corrected chi connectivity index (χ0v) is 25.9. The fraction of sp³-hybridized carbons (Fsp3) is 0.286. The molecule has 4 aromatic rings. The Morgan fingerprint density at radius 2 is 0.872 bits per heavy atom. The van der Waals surface area contributed by atoms with Gasteiger partial charge in [-0.3, -0.25) is 19.9 Å². The molecule has 210 valence electrons. The van der Waals surface area contributed by atoms with Crippen molar-refractivity contribution in [1.29, 1.82) is 0 Å². The first-order chi connectivity index (χ1) is 18.8. The van der Waals surface area contributed by atoms with Crippen LogP contribution in [0.25, 0.3) is 22.8 Å². The molecule has 0 unspecified atom stereocenters. The Morgan fingerprint density at radius 3 is 1.10 bits per heavy atom. The molecule has 0 bridgehead atoms. The van der Waals surface area contributed by atoms with Gasteiger partial charge in [-0.25, -0.2) is 0 Å². The zero-order chi connectivity index (χ0) is 28.7. The predicted molar refractivity (Wildman–Crippen MR) is 157 cm³/mol. The van der Waals surface area contributed by atoms with Gasteiger partial charge in [-0.05, 0) is 70.9 Å². The van der Waals surface area contributed by atoms with Crippen molar-refractivity contribution in [1.82, 2.24) is 19.9 Å². The average Bonchev–Trinajstić information content (AvgIpc) is 3.02. The third-order valence-electron chi connectivity index (χ3n) is 6.80. The third kappa shape index (κ3) is 9.23. The monoisotopic (exact) mass is 606 g/mol. The molecule has 4 N–H and O–H groups in total. The third-order valence-corrected chi connectivity index (χ3v) is 14.2. The average molecular weight is 607 g/mol. The molecule has 11 heteroatoms. The molecule has 8 nitrogen and oxygen atoms in total. The van der Waals surface area contributed by atoms with Crippen LogP contribution >= 0.6 is 0 Å². The molecule has 0 amide bonds. The summed E-state index contributed by atoms with van der Waals surface area (Å²) in [7, 11) is -4.56. The summed E-state index contributed by atoms with van der Waals surface area (Å²) in [5.41, 5.74) is 3.43. The summed E-state index contributed by atoms with van der Waals surface area (Å²) in [6.45, 7) is 8.18. The van der Waals surface area contributed by atoms with Gasteiger partial charge in [-0.1, -0.05) is 52.0 Å². The molecule has 0 aliphatic heterocycles. The van der Waals surface area contributed by atoms with E-state index in [9.17, 15) is 9.59 Å². The van der Waals surface area contributed by atoms with Crippen LogP contribution in [0.4, 0.5) is 0 Å². The number of hydrogen-bond donors (Lipinski definition) is 4. The normalized spacial score (nSPS) is 11.2. The Labute approximate surface area is 240 Å². The summed E-state index contributed by atoms with van der Waals surface area (Å²) >= 11 is -0.750. The molecule has 0 saturated heterocycles. The second kappa shape index (κ2) is 16.5. The van der Waals surface area contributed by atoms with Gasteiger partial charge < -0.3 is 9.59 Å². The van der Waals surface area contributed by atoms with Crippen molar-refractivity contribution in [2.45, 2.75) is 51.9 Å². The van der Waals surface area contributed by atoms with Gasteiger partial charge in [0.05, 0.1) is 22.8 Å². The SMILES string of the molecule is CC[Si](O)(CC)c1ccc(-c2ccccn2)nc1.CC[Si](O)(CC)c1ccc(-c2ccccn2)nc1.[OH][Fe][OH]. The molecule has 4 heterocycles. The molecule has 0 atom stereocenters. The van der Waals surface area contributed by atoms with Gasteiger partial charge in [-0.2, -0.15) is 0 Å². The Balaban J connectivity index is 0.000000249. The van der Waals surface area contributed by atoms with Crippen molar-refractivity contribution in [3.8, 4) is 22.8 Å². The number of rotatable bonds is 8. The zero-order valence-electron chi connectivity index (χ0n) is 22.8. The molecule has 0 saturated carbocycles. The minimum absolute atomic E-state index is 0.750. The second-order valence-corrected chi connectivity index (χ2v) is 17.2. The van der Waals surface area contributed by atoms with Gasteiger partial charge in [0, 0.05) is 24.8 Å². The van der Waals surface area contributed by atoms with Crippen molar-refractivity contribution in [3.05, 3.63) is 85.5 Å². The number of hydrogen-bond acceptors (Lipinski definition) is 8. The number of pyridine rings is 4. The van der Waals surface area contributed by atoms with Crippen LogP contribution in [-0.4, -0.2) is 54.5 Å². The maximum absolute atomic E-state index is 10.5. The molecule has 4 aromatic heterocycles. The first-order valence-electron chi connectivity index (χ1n) is 12.9. The van der Waals surface area contributed by atoms with Crippen LogP contribution < -0.4 is 10.4 Å². The van der Waals surface area contributed by atoms with Crippen molar-refractivity contribution in [2.75, 3.05) is 0 Å².